The van der Waals surface area contributed by atoms with E-state index >= 15 is 0 Å². The van der Waals surface area contributed by atoms with Gasteiger partial charge in [0.25, 0.3) is 0 Å². The molecule has 1 aromatic carbocycles. The number of hydrogen-bond acceptors (Lipinski definition) is 3. The van der Waals surface area contributed by atoms with Crippen LogP contribution in [0.2, 0.25) is 0 Å². The third-order valence-corrected chi connectivity index (χ3v) is 3.05. The highest BCUT2D eigenvalue weighted by Crippen LogP contribution is 2.19. The Morgan fingerprint density at radius 2 is 1.90 bits per heavy atom. The van der Waals surface area contributed by atoms with Crippen molar-refractivity contribution in [1.29, 1.82) is 0 Å². The number of halogens is 1. The maximum Gasteiger partial charge on any atom is 0.242 e. The number of carbonyl (C=O) groups is 2. The van der Waals surface area contributed by atoms with Gasteiger partial charge in [-0.05, 0) is 5.56 Å². The van der Waals surface area contributed by atoms with Gasteiger partial charge in [-0.1, -0.05) is 30.3 Å². The van der Waals surface area contributed by atoms with Crippen LogP contribution in [0.3, 0.4) is 0 Å². The second-order valence-corrected chi connectivity index (χ2v) is 4.59. The molecule has 110 valence electrons. The molecule has 0 fully saturated rings. The quantitative estimate of drug-likeness (QED) is 0.560. The van der Waals surface area contributed by atoms with Crippen molar-refractivity contribution in [3.63, 3.8) is 0 Å². The summed E-state index contributed by atoms with van der Waals surface area (Å²) in [5.41, 5.74) is 0.733. The van der Waals surface area contributed by atoms with Crippen molar-refractivity contribution < 1.29 is 14.3 Å². The van der Waals surface area contributed by atoms with Gasteiger partial charge in [0.05, 0.1) is 6.61 Å². The van der Waals surface area contributed by atoms with E-state index in [9.17, 15) is 9.59 Å². The van der Waals surface area contributed by atoms with Crippen LogP contribution in [0.1, 0.15) is 17.4 Å². The van der Waals surface area contributed by atoms with Gasteiger partial charge in [-0.2, -0.15) is 0 Å². The van der Waals surface area contributed by atoms with Crippen molar-refractivity contribution in [2.24, 2.45) is 0 Å². The van der Waals surface area contributed by atoms with Crippen LogP contribution in [0, 0.1) is 0 Å². The minimum Gasteiger partial charge on any atom is -0.383 e. The van der Waals surface area contributed by atoms with Crippen molar-refractivity contribution in [3.05, 3.63) is 35.9 Å². The summed E-state index contributed by atoms with van der Waals surface area (Å²) in [5, 5.41) is 4.57. The van der Waals surface area contributed by atoms with E-state index in [1.54, 1.807) is 19.2 Å². The summed E-state index contributed by atoms with van der Waals surface area (Å²) in [6.45, 7) is 1.19. The first kappa shape index (κ1) is 16.5. The monoisotopic (exact) mass is 298 g/mol. The number of carbonyl (C=O) groups excluding carboxylic acids is 2. The molecule has 0 saturated heterocycles. The number of amides is 2. The van der Waals surface area contributed by atoms with Crippen LogP contribution in [0.25, 0.3) is 0 Å². The number of nitrogens with one attached hydrogen (secondary N) is 2. The van der Waals surface area contributed by atoms with Gasteiger partial charge < -0.3 is 15.4 Å². The highest BCUT2D eigenvalue weighted by molar-refractivity contribution is 6.30. The molecule has 0 saturated carbocycles. The molecule has 6 heteroatoms. The minimum absolute atomic E-state index is 0.131. The Balaban J connectivity index is 2.24. The zero-order valence-corrected chi connectivity index (χ0v) is 12.2. The molecule has 1 atom stereocenters. The molecular formula is C14H19ClN2O3. The molecule has 1 unspecified atom stereocenters. The van der Waals surface area contributed by atoms with Gasteiger partial charge in [0.2, 0.25) is 11.8 Å². The first-order valence-electron chi connectivity index (χ1n) is 6.37. The predicted octanol–water partition coefficient (Wildman–Crippen LogP) is 1.24. The lowest BCUT2D eigenvalue weighted by Gasteiger charge is -2.10. The SMILES string of the molecule is COCCNC(=O)CCNC(=O)C(Cl)c1ccccc1. The summed E-state index contributed by atoms with van der Waals surface area (Å²) < 4.78 is 4.81. The van der Waals surface area contributed by atoms with Gasteiger partial charge in [-0.3, -0.25) is 9.59 Å². The average Bonchev–Trinajstić information content (AvgIpc) is 2.47. The number of ether oxygens (including phenoxy) is 1. The molecule has 1 rings (SSSR count). The van der Waals surface area contributed by atoms with E-state index in [1.165, 1.54) is 0 Å². The summed E-state index contributed by atoms with van der Waals surface area (Å²) in [6, 6.07) is 9.07. The third-order valence-electron chi connectivity index (χ3n) is 2.60. The molecule has 0 aliphatic carbocycles. The summed E-state index contributed by atoms with van der Waals surface area (Å²) in [6.07, 6.45) is 0.216. The maximum absolute atomic E-state index is 11.8. The van der Waals surface area contributed by atoms with Gasteiger partial charge >= 0.3 is 0 Å². The molecule has 0 bridgehead atoms. The number of methoxy groups -OCH3 is 1. The zero-order valence-electron chi connectivity index (χ0n) is 11.4. The topological polar surface area (TPSA) is 67.4 Å². The van der Waals surface area contributed by atoms with Crippen LogP contribution in [-0.4, -0.2) is 38.6 Å². The van der Waals surface area contributed by atoms with Gasteiger partial charge in [-0.25, -0.2) is 0 Å². The van der Waals surface area contributed by atoms with E-state index in [-0.39, 0.29) is 24.8 Å². The van der Waals surface area contributed by atoms with Crippen LogP contribution in [0.4, 0.5) is 0 Å². The Hall–Kier alpha value is -1.59. The highest BCUT2D eigenvalue weighted by Gasteiger charge is 2.16. The van der Waals surface area contributed by atoms with Crippen LogP contribution < -0.4 is 10.6 Å². The van der Waals surface area contributed by atoms with Crippen molar-refractivity contribution in [1.82, 2.24) is 10.6 Å². The maximum atomic E-state index is 11.8. The first-order valence-corrected chi connectivity index (χ1v) is 6.81. The van der Waals surface area contributed by atoms with E-state index < -0.39 is 5.38 Å². The van der Waals surface area contributed by atoms with E-state index in [1.807, 2.05) is 18.2 Å². The number of alkyl halides is 1. The summed E-state index contributed by atoms with van der Waals surface area (Å²) in [4.78, 5) is 23.2. The Morgan fingerprint density at radius 1 is 1.20 bits per heavy atom. The second-order valence-electron chi connectivity index (χ2n) is 4.16. The fourth-order valence-electron chi connectivity index (χ4n) is 1.54. The number of hydrogen-bond donors (Lipinski definition) is 2. The van der Waals surface area contributed by atoms with E-state index in [2.05, 4.69) is 10.6 Å². The summed E-state index contributed by atoms with van der Waals surface area (Å²) in [7, 11) is 1.57. The van der Waals surface area contributed by atoms with Crippen LogP contribution >= 0.6 is 11.6 Å². The lowest BCUT2D eigenvalue weighted by molar-refractivity contribution is -0.122. The van der Waals surface area contributed by atoms with Gasteiger partial charge in [0, 0.05) is 26.6 Å². The van der Waals surface area contributed by atoms with Crippen molar-refractivity contribution in [2.75, 3.05) is 26.8 Å². The normalized spacial score (nSPS) is 11.7. The first-order chi connectivity index (χ1) is 9.65. The largest absolute Gasteiger partial charge is 0.383 e. The van der Waals surface area contributed by atoms with Gasteiger partial charge in [-0.15, -0.1) is 11.6 Å². The van der Waals surface area contributed by atoms with E-state index in [0.717, 1.165) is 5.56 Å². The second kappa shape index (κ2) is 9.34. The fraction of sp³-hybridized carbons (Fsp3) is 0.429. The number of rotatable bonds is 8. The molecule has 5 nitrogen and oxygen atoms in total. The van der Waals surface area contributed by atoms with Crippen molar-refractivity contribution >= 4 is 23.4 Å². The molecular weight excluding hydrogens is 280 g/mol. The molecule has 2 N–H and O–H groups in total. The summed E-state index contributed by atoms with van der Waals surface area (Å²) in [5.74, 6) is -0.434. The Kier molecular flexibility index (Phi) is 7.69. The fourth-order valence-corrected chi connectivity index (χ4v) is 1.77. The predicted molar refractivity (Wildman–Crippen MR) is 77.5 cm³/mol. The standard InChI is InChI=1S/C14H19ClN2O3/c1-20-10-9-16-12(18)7-8-17-14(19)13(15)11-5-3-2-4-6-11/h2-6,13H,7-10H2,1H3,(H,16,18)(H,17,19). The van der Waals surface area contributed by atoms with Crippen LogP contribution in [0.15, 0.2) is 30.3 Å². The molecule has 0 spiro atoms. The van der Waals surface area contributed by atoms with E-state index in [4.69, 9.17) is 16.3 Å². The smallest absolute Gasteiger partial charge is 0.242 e. The third kappa shape index (κ3) is 6.04. The summed E-state index contributed by atoms with van der Waals surface area (Å²) >= 11 is 6.05. The van der Waals surface area contributed by atoms with E-state index in [0.29, 0.717) is 13.2 Å². The zero-order chi connectivity index (χ0) is 14.8. The van der Waals surface area contributed by atoms with Gasteiger partial charge in [0.15, 0.2) is 0 Å². The number of benzene rings is 1. The van der Waals surface area contributed by atoms with Crippen LogP contribution in [0.5, 0.6) is 0 Å². The lowest BCUT2D eigenvalue weighted by Crippen LogP contribution is -2.33. The minimum atomic E-state index is -0.743. The molecule has 0 aliphatic rings. The lowest BCUT2D eigenvalue weighted by atomic mass is 10.1. The van der Waals surface area contributed by atoms with Crippen LogP contribution in [-0.2, 0) is 14.3 Å². The molecule has 2 amide bonds. The molecule has 0 aliphatic heterocycles. The molecule has 0 radical (unpaired) electrons. The Labute approximate surface area is 123 Å². The molecule has 0 aromatic heterocycles. The van der Waals surface area contributed by atoms with Crippen molar-refractivity contribution in [3.8, 4) is 0 Å². The molecule has 20 heavy (non-hydrogen) atoms. The molecule has 1 aromatic rings. The average molecular weight is 299 g/mol. The molecule has 0 heterocycles. The Morgan fingerprint density at radius 3 is 2.55 bits per heavy atom. The Bertz CT molecular complexity index is 426. The van der Waals surface area contributed by atoms with Crippen molar-refractivity contribution in [2.45, 2.75) is 11.8 Å². The van der Waals surface area contributed by atoms with Gasteiger partial charge in [0.1, 0.15) is 5.38 Å². The highest BCUT2D eigenvalue weighted by atomic mass is 35.5.